The van der Waals surface area contributed by atoms with Gasteiger partial charge in [0.1, 0.15) is 17.1 Å². The van der Waals surface area contributed by atoms with Gasteiger partial charge in [-0.05, 0) is 63.1 Å². The van der Waals surface area contributed by atoms with Crippen LogP contribution in [0.25, 0.3) is 0 Å². The number of aromatic hydroxyl groups is 1. The average molecular weight is 286 g/mol. The van der Waals surface area contributed by atoms with Gasteiger partial charge in [-0.15, -0.1) is 0 Å². The van der Waals surface area contributed by atoms with Gasteiger partial charge in [-0.3, -0.25) is 0 Å². The average Bonchev–Trinajstić information content (AvgIpc) is 2.37. The Kier molecular flexibility index (Phi) is 3.51. The summed E-state index contributed by atoms with van der Waals surface area (Å²) in [5, 5.41) is 10.5. The second kappa shape index (κ2) is 5.08. The highest BCUT2D eigenvalue weighted by atomic mass is 16.5. The smallest absolute Gasteiger partial charge is 0.127 e. The van der Waals surface area contributed by atoms with Gasteiger partial charge in [-0.25, -0.2) is 0 Å². The Morgan fingerprint density at radius 2 is 2.24 bits per heavy atom. The molecule has 2 heteroatoms. The van der Waals surface area contributed by atoms with E-state index in [9.17, 15) is 5.11 Å². The summed E-state index contributed by atoms with van der Waals surface area (Å²) in [6, 6.07) is 4.07. The van der Waals surface area contributed by atoms with E-state index in [-0.39, 0.29) is 5.60 Å². The van der Waals surface area contributed by atoms with Crippen molar-refractivity contribution in [3.05, 3.63) is 35.4 Å². The molecule has 1 heterocycles. The molecule has 1 N–H and O–H groups in total. The molecule has 114 valence electrons. The van der Waals surface area contributed by atoms with Crippen molar-refractivity contribution in [2.45, 2.75) is 64.4 Å². The van der Waals surface area contributed by atoms with Gasteiger partial charge in [-0.2, -0.15) is 0 Å². The predicted molar refractivity (Wildman–Crippen MR) is 86.0 cm³/mol. The summed E-state index contributed by atoms with van der Waals surface area (Å²) < 4.78 is 6.30. The molecule has 3 atom stereocenters. The van der Waals surface area contributed by atoms with E-state index in [4.69, 9.17) is 4.74 Å². The Labute approximate surface area is 127 Å². The summed E-state index contributed by atoms with van der Waals surface area (Å²) >= 11 is 0. The summed E-state index contributed by atoms with van der Waals surface area (Å²) in [4.78, 5) is 0. The van der Waals surface area contributed by atoms with Crippen LogP contribution in [-0.4, -0.2) is 10.7 Å². The minimum absolute atomic E-state index is 0.0824. The second-order valence-corrected chi connectivity index (χ2v) is 7.13. The molecule has 2 aliphatic rings. The third-order valence-corrected chi connectivity index (χ3v) is 5.20. The number of benzene rings is 1. The van der Waals surface area contributed by atoms with Crippen LogP contribution in [0.1, 0.15) is 63.5 Å². The molecule has 0 radical (unpaired) electrons. The molecule has 1 saturated carbocycles. The molecule has 0 saturated heterocycles. The van der Waals surface area contributed by atoms with E-state index in [1.807, 2.05) is 6.07 Å². The van der Waals surface area contributed by atoms with Crippen LogP contribution in [0, 0.1) is 5.92 Å². The zero-order chi connectivity index (χ0) is 15.2. The van der Waals surface area contributed by atoms with Crippen LogP contribution in [0.2, 0.25) is 0 Å². The molecule has 1 aliphatic carbocycles. The topological polar surface area (TPSA) is 29.5 Å². The number of aryl methyl sites for hydroxylation is 1. The first-order chi connectivity index (χ1) is 9.93. The fourth-order valence-electron chi connectivity index (χ4n) is 4.18. The first-order valence-electron chi connectivity index (χ1n) is 8.14. The molecule has 1 fully saturated rings. The molecule has 0 spiro atoms. The van der Waals surface area contributed by atoms with E-state index >= 15 is 0 Å². The number of hydrogen-bond donors (Lipinski definition) is 1. The second-order valence-electron chi connectivity index (χ2n) is 7.13. The van der Waals surface area contributed by atoms with Crippen LogP contribution >= 0.6 is 0 Å². The monoisotopic (exact) mass is 286 g/mol. The van der Waals surface area contributed by atoms with Crippen molar-refractivity contribution in [1.82, 2.24) is 0 Å². The Balaban J connectivity index is 2.09. The van der Waals surface area contributed by atoms with E-state index in [0.717, 1.165) is 43.4 Å². The fourth-order valence-corrected chi connectivity index (χ4v) is 4.18. The number of allylic oxidation sites excluding steroid dienone is 1. The van der Waals surface area contributed by atoms with Crippen molar-refractivity contribution < 1.29 is 9.84 Å². The van der Waals surface area contributed by atoms with Crippen molar-refractivity contribution in [3.8, 4) is 11.5 Å². The first kappa shape index (κ1) is 14.5. The number of rotatable bonds is 3. The van der Waals surface area contributed by atoms with Crippen molar-refractivity contribution in [1.29, 1.82) is 0 Å². The van der Waals surface area contributed by atoms with Gasteiger partial charge in [0.05, 0.1) is 0 Å². The van der Waals surface area contributed by atoms with E-state index in [1.165, 1.54) is 11.1 Å². The standard InChI is InChI=1S/C19H26O2/c1-5-6-13-9-16(20)18-15-11-19(4,21-17(18)10-13)8-7-14(15)12(2)3/h9-10,14-15,20H,2,5-8,11H2,1,3-4H3/t14-,15-,19-/m1/s1. The number of ether oxygens (including phenoxy) is 1. The molecule has 1 aromatic carbocycles. The van der Waals surface area contributed by atoms with E-state index < -0.39 is 0 Å². The number of fused-ring (bicyclic) bond motifs is 4. The normalized spacial score (nSPS) is 30.4. The molecule has 1 aromatic rings. The molecular formula is C19H26O2. The summed E-state index contributed by atoms with van der Waals surface area (Å²) in [5.74, 6) is 2.13. The fraction of sp³-hybridized carbons (Fsp3) is 0.579. The molecular weight excluding hydrogens is 260 g/mol. The van der Waals surface area contributed by atoms with E-state index in [2.05, 4.69) is 33.4 Å². The SMILES string of the molecule is C=C(C)[C@H]1CC[C@]2(C)C[C@H]1c1c(O)cc(CCC)cc1O2. The number of phenolic OH excluding ortho intramolecular Hbond substituents is 1. The lowest BCUT2D eigenvalue weighted by Crippen LogP contribution is -2.44. The molecule has 0 amide bonds. The maximum Gasteiger partial charge on any atom is 0.127 e. The lowest BCUT2D eigenvalue weighted by Gasteiger charge is -2.48. The quantitative estimate of drug-likeness (QED) is 0.796. The first-order valence-corrected chi connectivity index (χ1v) is 8.14. The Morgan fingerprint density at radius 1 is 1.48 bits per heavy atom. The highest BCUT2D eigenvalue weighted by molar-refractivity contribution is 5.52. The molecule has 2 bridgehead atoms. The zero-order valence-electron chi connectivity index (χ0n) is 13.4. The van der Waals surface area contributed by atoms with Crippen molar-refractivity contribution in [3.63, 3.8) is 0 Å². The van der Waals surface area contributed by atoms with Crippen molar-refractivity contribution in [2.75, 3.05) is 0 Å². The summed E-state index contributed by atoms with van der Waals surface area (Å²) in [7, 11) is 0. The molecule has 1 aliphatic heterocycles. The number of hydrogen-bond acceptors (Lipinski definition) is 2. The van der Waals surface area contributed by atoms with Gasteiger partial charge in [0.2, 0.25) is 0 Å². The summed E-state index contributed by atoms with van der Waals surface area (Å²) in [6.45, 7) is 10.7. The Bertz CT molecular complexity index is 575. The van der Waals surface area contributed by atoms with Crippen LogP contribution in [0.4, 0.5) is 0 Å². The highest BCUT2D eigenvalue weighted by Crippen LogP contribution is 2.55. The lowest BCUT2D eigenvalue weighted by molar-refractivity contribution is 0.00630. The van der Waals surface area contributed by atoms with E-state index in [1.54, 1.807) is 0 Å². The zero-order valence-corrected chi connectivity index (χ0v) is 13.4. The molecule has 2 nitrogen and oxygen atoms in total. The van der Waals surface area contributed by atoms with Gasteiger partial charge in [-0.1, -0.05) is 25.5 Å². The van der Waals surface area contributed by atoms with E-state index in [0.29, 0.717) is 17.6 Å². The van der Waals surface area contributed by atoms with Crippen LogP contribution in [0.5, 0.6) is 11.5 Å². The maximum absolute atomic E-state index is 10.5. The highest BCUT2D eigenvalue weighted by Gasteiger charge is 2.46. The Morgan fingerprint density at radius 3 is 2.90 bits per heavy atom. The minimum atomic E-state index is -0.0824. The number of phenols is 1. The van der Waals surface area contributed by atoms with Crippen molar-refractivity contribution >= 4 is 0 Å². The molecule has 0 aromatic heterocycles. The molecule has 0 unspecified atom stereocenters. The van der Waals surface area contributed by atoms with Gasteiger partial charge >= 0.3 is 0 Å². The van der Waals surface area contributed by atoms with Crippen LogP contribution in [0.3, 0.4) is 0 Å². The lowest BCUT2D eigenvalue weighted by atomic mass is 9.65. The summed E-state index contributed by atoms with van der Waals surface area (Å²) in [5.41, 5.74) is 3.33. The van der Waals surface area contributed by atoms with Crippen molar-refractivity contribution in [2.24, 2.45) is 5.92 Å². The maximum atomic E-state index is 10.5. The van der Waals surface area contributed by atoms with Gasteiger partial charge in [0.15, 0.2) is 0 Å². The van der Waals surface area contributed by atoms with Crippen LogP contribution in [-0.2, 0) is 6.42 Å². The van der Waals surface area contributed by atoms with Gasteiger partial charge < -0.3 is 9.84 Å². The molecule has 21 heavy (non-hydrogen) atoms. The predicted octanol–water partition coefficient (Wildman–Crippen LogP) is 4.96. The third kappa shape index (κ3) is 2.45. The Hall–Kier alpha value is -1.44. The minimum Gasteiger partial charge on any atom is -0.508 e. The third-order valence-electron chi connectivity index (χ3n) is 5.20. The molecule has 3 rings (SSSR count). The van der Waals surface area contributed by atoms with Crippen LogP contribution < -0.4 is 4.74 Å². The largest absolute Gasteiger partial charge is 0.508 e. The summed E-state index contributed by atoms with van der Waals surface area (Å²) in [6.07, 6.45) is 5.21. The van der Waals surface area contributed by atoms with Gasteiger partial charge in [0.25, 0.3) is 0 Å². The van der Waals surface area contributed by atoms with Gasteiger partial charge in [0, 0.05) is 11.5 Å². The van der Waals surface area contributed by atoms with Crippen LogP contribution in [0.15, 0.2) is 24.3 Å².